The molecule has 6 rings (SSSR count). The number of H-pyrrole nitrogens is 1. The van der Waals surface area contributed by atoms with Gasteiger partial charge in [0, 0.05) is 51.5 Å². The Kier molecular flexibility index (Phi) is 5.04. The van der Waals surface area contributed by atoms with Gasteiger partial charge in [-0.3, -0.25) is 9.69 Å². The minimum absolute atomic E-state index is 0.0101. The van der Waals surface area contributed by atoms with Crippen LogP contribution < -0.4 is 0 Å². The van der Waals surface area contributed by atoms with E-state index < -0.39 is 0 Å². The highest BCUT2D eigenvalue weighted by Crippen LogP contribution is 2.45. The Bertz CT molecular complexity index is 1430. The number of amides is 1. The number of rotatable bonds is 3. The predicted molar refractivity (Wildman–Crippen MR) is 139 cm³/mol. The van der Waals surface area contributed by atoms with E-state index in [1.165, 1.54) is 11.9 Å². The van der Waals surface area contributed by atoms with Crippen LogP contribution in [0.4, 0.5) is 0 Å². The van der Waals surface area contributed by atoms with Crippen LogP contribution in [0.15, 0.2) is 65.7 Å². The molecule has 2 aromatic heterocycles. The third-order valence-corrected chi connectivity index (χ3v) is 7.67. The van der Waals surface area contributed by atoms with Crippen molar-refractivity contribution in [3.8, 4) is 11.1 Å². The highest BCUT2D eigenvalue weighted by molar-refractivity contribution is 9.10. The van der Waals surface area contributed by atoms with Gasteiger partial charge in [-0.2, -0.15) is 0 Å². The van der Waals surface area contributed by atoms with E-state index in [1.807, 2.05) is 19.9 Å². The monoisotopic (exact) mass is 531 g/mol. The van der Waals surface area contributed by atoms with Gasteiger partial charge in [0.25, 0.3) is 5.91 Å². The fourth-order valence-electron chi connectivity index (χ4n) is 5.24. The number of benzene rings is 2. The third-order valence-electron chi connectivity index (χ3n) is 6.77. The predicted octanol–water partition coefficient (Wildman–Crippen LogP) is 5.24. The topological polar surface area (TPSA) is 65.1 Å². The molecule has 2 aliphatic heterocycles. The van der Waals surface area contributed by atoms with Crippen LogP contribution in [0, 0.1) is 0 Å². The number of hydrogen-bond acceptors (Lipinski definition) is 4. The Morgan fingerprint density at radius 3 is 2.53 bits per heavy atom. The van der Waals surface area contributed by atoms with E-state index in [0.29, 0.717) is 11.5 Å². The highest BCUT2D eigenvalue weighted by atomic mass is 79.9. The van der Waals surface area contributed by atoms with Crippen LogP contribution in [-0.4, -0.2) is 47.9 Å². The molecular weight excluding hydrogens is 510 g/mol. The van der Waals surface area contributed by atoms with Gasteiger partial charge in [-0.05, 0) is 61.0 Å². The molecule has 170 valence electrons. The van der Waals surface area contributed by atoms with E-state index in [0.717, 1.165) is 37.8 Å². The lowest BCUT2D eigenvalue weighted by molar-refractivity contribution is -0.129. The second kappa shape index (κ2) is 7.99. The van der Waals surface area contributed by atoms with Gasteiger partial charge >= 0.3 is 0 Å². The minimum Gasteiger partial charge on any atom is -0.356 e. The zero-order chi connectivity index (χ0) is 23.6. The molecule has 0 radical (unpaired) electrons. The average Bonchev–Trinajstić information content (AvgIpc) is 3.32. The maximum absolute atomic E-state index is 13.5. The molecule has 1 saturated heterocycles. The lowest BCUT2D eigenvalue weighted by Crippen LogP contribution is -2.44. The first-order valence-corrected chi connectivity index (χ1v) is 12.4. The van der Waals surface area contributed by atoms with Crippen LogP contribution >= 0.6 is 28.1 Å². The standard InChI is InChI=1S/C26H22BrN5OS/c1-14(2)31-25(33)22-10-20-19-9-18(27)7-8-21(19)30-23(20)24(32(22)26(31)34)16-5-3-15(4-6-16)17-11-28-13-29-12-17/h3-9,11-14,22,24,30H,10H2,1-2H3. The number of halogens is 1. The molecule has 8 heteroatoms. The smallest absolute Gasteiger partial charge is 0.252 e. The van der Waals surface area contributed by atoms with Gasteiger partial charge in [-0.15, -0.1) is 0 Å². The lowest BCUT2D eigenvalue weighted by Gasteiger charge is -2.37. The van der Waals surface area contributed by atoms with Gasteiger partial charge in [0.2, 0.25) is 0 Å². The molecule has 1 N–H and O–H groups in total. The van der Waals surface area contributed by atoms with Gasteiger partial charge in [0.05, 0.1) is 6.04 Å². The van der Waals surface area contributed by atoms with Gasteiger partial charge < -0.3 is 9.88 Å². The number of fused-ring (bicyclic) bond motifs is 4. The van der Waals surface area contributed by atoms with Crippen molar-refractivity contribution in [1.29, 1.82) is 0 Å². The van der Waals surface area contributed by atoms with Crippen molar-refractivity contribution >= 4 is 50.1 Å². The molecule has 4 heterocycles. The van der Waals surface area contributed by atoms with Crippen molar-refractivity contribution < 1.29 is 4.79 Å². The second-order valence-electron chi connectivity index (χ2n) is 9.07. The van der Waals surface area contributed by atoms with Crippen molar-refractivity contribution in [3.63, 3.8) is 0 Å². The summed E-state index contributed by atoms with van der Waals surface area (Å²) >= 11 is 9.51. The van der Waals surface area contributed by atoms with E-state index in [-0.39, 0.29) is 24.0 Å². The van der Waals surface area contributed by atoms with Crippen LogP contribution in [0.1, 0.15) is 36.7 Å². The van der Waals surface area contributed by atoms with Crippen molar-refractivity contribution in [2.24, 2.45) is 0 Å². The second-order valence-corrected chi connectivity index (χ2v) is 10.4. The van der Waals surface area contributed by atoms with Crippen molar-refractivity contribution in [2.45, 2.75) is 38.4 Å². The summed E-state index contributed by atoms with van der Waals surface area (Å²) in [5.41, 5.74) is 6.44. The zero-order valence-electron chi connectivity index (χ0n) is 18.7. The Hall–Kier alpha value is -3.10. The highest BCUT2D eigenvalue weighted by Gasteiger charge is 2.51. The molecule has 6 nitrogen and oxygen atoms in total. The summed E-state index contributed by atoms with van der Waals surface area (Å²) in [6.45, 7) is 4.03. The van der Waals surface area contributed by atoms with Crippen LogP contribution in [0.3, 0.4) is 0 Å². The molecule has 2 aliphatic rings. The lowest BCUT2D eigenvalue weighted by atomic mass is 9.88. The molecule has 2 unspecified atom stereocenters. The van der Waals surface area contributed by atoms with E-state index in [9.17, 15) is 4.79 Å². The molecule has 0 spiro atoms. The van der Waals surface area contributed by atoms with Crippen LogP contribution in [0.2, 0.25) is 0 Å². The Balaban J connectivity index is 1.52. The number of aromatic nitrogens is 3. The first kappa shape index (κ1) is 21.4. The van der Waals surface area contributed by atoms with E-state index in [2.05, 4.69) is 72.2 Å². The summed E-state index contributed by atoms with van der Waals surface area (Å²) in [6.07, 6.45) is 5.77. The molecule has 1 fully saturated rings. The number of carbonyl (C=O) groups is 1. The fraction of sp³-hybridized carbons (Fsp3) is 0.231. The Morgan fingerprint density at radius 2 is 1.82 bits per heavy atom. The molecule has 0 bridgehead atoms. The number of hydrogen-bond donors (Lipinski definition) is 1. The first-order chi connectivity index (χ1) is 16.4. The van der Waals surface area contributed by atoms with E-state index in [1.54, 1.807) is 17.3 Å². The van der Waals surface area contributed by atoms with Gasteiger partial charge in [0.1, 0.15) is 12.4 Å². The van der Waals surface area contributed by atoms with Crippen molar-refractivity contribution in [3.05, 3.63) is 82.5 Å². The van der Waals surface area contributed by atoms with Crippen LogP contribution in [0.25, 0.3) is 22.0 Å². The minimum atomic E-state index is -0.312. The Labute approximate surface area is 211 Å². The summed E-state index contributed by atoms with van der Waals surface area (Å²) < 4.78 is 1.02. The number of nitrogens with one attached hydrogen (secondary N) is 1. The van der Waals surface area contributed by atoms with E-state index >= 15 is 0 Å². The molecule has 2 atom stereocenters. The number of thiocarbonyl (C=S) groups is 1. The zero-order valence-corrected chi connectivity index (χ0v) is 21.1. The maximum atomic E-state index is 13.5. The number of carbonyl (C=O) groups excluding carboxylic acids is 1. The summed E-state index contributed by atoms with van der Waals surface area (Å²) in [7, 11) is 0. The summed E-state index contributed by atoms with van der Waals surface area (Å²) in [6, 6.07) is 14.2. The van der Waals surface area contributed by atoms with Gasteiger partial charge in [-0.25, -0.2) is 9.97 Å². The Morgan fingerprint density at radius 1 is 1.09 bits per heavy atom. The summed E-state index contributed by atoms with van der Waals surface area (Å²) in [4.78, 5) is 29.3. The van der Waals surface area contributed by atoms with Crippen molar-refractivity contribution in [2.75, 3.05) is 0 Å². The molecular formula is C26H22BrN5OS. The third kappa shape index (κ3) is 3.20. The molecule has 0 saturated carbocycles. The molecule has 0 aliphatic carbocycles. The summed E-state index contributed by atoms with van der Waals surface area (Å²) in [5.74, 6) is 0.0815. The largest absolute Gasteiger partial charge is 0.356 e. The van der Waals surface area contributed by atoms with Crippen LogP contribution in [-0.2, 0) is 11.2 Å². The fourth-order valence-corrected chi connectivity index (χ4v) is 6.14. The quantitative estimate of drug-likeness (QED) is 0.366. The average molecular weight is 532 g/mol. The molecule has 1 amide bonds. The number of aromatic amines is 1. The molecule has 2 aromatic carbocycles. The normalized spacial score (nSPS) is 19.8. The van der Waals surface area contributed by atoms with Crippen molar-refractivity contribution in [1.82, 2.24) is 24.8 Å². The SMILES string of the molecule is CC(C)N1C(=O)C2Cc3c([nH]c4ccc(Br)cc34)C(c3ccc(-c4cncnc4)cc3)N2C1=S. The van der Waals surface area contributed by atoms with Gasteiger partial charge in [-0.1, -0.05) is 40.2 Å². The number of nitrogens with zero attached hydrogens (tertiary/aromatic N) is 4. The molecule has 34 heavy (non-hydrogen) atoms. The van der Waals surface area contributed by atoms with Gasteiger partial charge in [0.15, 0.2) is 5.11 Å². The van der Waals surface area contributed by atoms with Crippen LogP contribution in [0.5, 0.6) is 0 Å². The molecule has 4 aromatic rings. The summed E-state index contributed by atoms with van der Waals surface area (Å²) in [5, 5.41) is 1.75. The van der Waals surface area contributed by atoms with E-state index in [4.69, 9.17) is 12.2 Å². The first-order valence-electron chi connectivity index (χ1n) is 11.2. The maximum Gasteiger partial charge on any atom is 0.252 e.